The van der Waals surface area contributed by atoms with Crippen LogP contribution in [0.3, 0.4) is 0 Å². The zero-order valence-corrected chi connectivity index (χ0v) is 61.8. The Kier molecular flexibility index (Phi) is 27.3. The van der Waals surface area contributed by atoms with Gasteiger partial charge in [0, 0.05) is 61.4 Å². The van der Waals surface area contributed by atoms with Crippen LogP contribution in [0.15, 0.2) is 208 Å². The predicted octanol–water partition coefficient (Wildman–Crippen LogP) is 14.7. The van der Waals surface area contributed by atoms with Crippen LogP contribution in [-0.4, -0.2) is 120 Å². The monoisotopic (exact) mass is 1450 g/mol. The molecule has 6 N–H and O–H groups in total. The Hall–Kier alpha value is -12.7. The lowest BCUT2D eigenvalue weighted by Crippen LogP contribution is -2.56. The Morgan fingerprint density at radius 3 is 1.26 bits per heavy atom. The smallest absolute Gasteiger partial charge is 0.407 e. The van der Waals surface area contributed by atoms with E-state index in [1.807, 2.05) is 140 Å². The van der Waals surface area contributed by atoms with Crippen molar-refractivity contribution in [3.8, 4) is 69.2 Å². The van der Waals surface area contributed by atoms with Gasteiger partial charge in [0.15, 0.2) is 0 Å². The highest BCUT2D eigenvalue weighted by atomic mass is 16.5. The average Bonchev–Trinajstić information content (AvgIpc) is 1.24. The molecule has 2 unspecified atom stereocenters. The molecule has 0 saturated heterocycles. The summed E-state index contributed by atoms with van der Waals surface area (Å²) in [5.41, 5.74) is 10.9. The minimum Gasteiger partial charge on any atom is -0.496 e. The number of methoxy groups -OCH3 is 5. The van der Waals surface area contributed by atoms with Crippen molar-refractivity contribution < 1.29 is 68.5 Å². The summed E-state index contributed by atoms with van der Waals surface area (Å²) in [6, 6.07) is 51.6. The van der Waals surface area contributed by atoms with Crippen LogP contribution in [0.5, 0.6) is 23.0 Å². The number of unbranched alkanes of at least 4 members (excludes halogenated alkanes) is 1. The molecule has 556 valence electrons. The fourth-order valence-electron chi connectivity index (χ4n) is 14.4. The molecule has 10 aromatic rings. The summed E-state index contributed by atoms with van der Waals surface area (Å²) in [5.74, 6) is -1.66. The van der Waals surface area contributed by atoms with Crippen LogP contribution in [0.25, 0.3) is 76.5 Å². The standard InChI is InChI=1S/C57H60N4O9.C30H29NO5.C2H2/c1-7-19-38-31-36-21-9-11-23-40(36)50(52(38)67-4)51-41-24-12-10-22-37(41)32-39(53(51)68-5)33-49(59-35(3)62)55(64)60-47(54(63)61-48(20-8-2)56(65)69-6)29-17-18-30-58-57(66)70-34-46-44-27-15-13-25-42(44)43-26-14-16-28-45(43)46;1-5-10-21-15-19-11-6-8-13-23(19)26(28(21)35-3)27-24-14-9-7-12-20(24)16-22(29(27)36-4)17-25(30(33)34)31-18(2)32;1-2/h7-16,21-28,31-32,46-49H,1-2,17-20,29-30,33-34H2,3-6H3,(H,58,66)(H,59,62)(H,60,64)(H,61,63);5-9,11-16,25H,1,10,17H2,2-4H3,(H,31,32)(H,33,34);1-2H/t47-,48-,49?;;/m0../s1/i;;1D. The highest BCUT2D eigenvalue weighted by Gasteiger charge is 2.34. The average molecular weight is 1460 g/mol. The van der Waals surface area contributed by atoms with E-state index in [2.05, 4.69) is 95.2 Å². The van der Waals surface area contributed by atoms with E-state index in [1.54, 1.807) is 28.4 Å². The highest BCUT2D eigenvalue weighted by Crippen LogP contribution is 2.51. The van der Waals surface area contributed by atoms with E-state index in [9.17, 15) is 38.7 Å². The third kappa shape index (κ3) is 18.1. The van der Waals surface area contributed by atoms with Crippen LogP contribution >= 0.6 is 0 Å². The zero-order chi connectivity index (χ0) is 78.3. The Bertz CT molecular complexity index is 5060. The molecule has 0 heterocycles. The first-order valence-electron chi connectivity index (χ1n) is 35.9. The maximum Gasteiger partial charge on any atom is 0.407 e. The second-order valence-corrected chi connectivity index (χ2v) is 25.8. The lowest BCUT2D eigenvalue weighted by atomic mass is 9.87. The van der Waals surface area contributed by atoms with Crippen molar-refractivity contribution in [2.45, 2.75) is 95.3 Å². The van der Waals surface area contributed by atoms with Gasteiger partial charge in [0.2, 0.25) is 23.6 Å². The van der Waals surface area contributed by atoms with E-state index in [-0.39, 0.29) is 44.8 Å². The molecule has 0 spiro atoms. The summed E-state index contributed by atoms with van der Waals surface area (Å²) in [4.78, 5) is 90.8. The normalized spacial score (nSPS) is 12.4. The van der Waals surface area contributed by atoms with Gasteiger partial charge in [-0.15, -0.1) is 32.6 Å². The quantitative estimate of drug-likeness (QED) is 0.0102. The molecule has 0 aromatic heterocycles. The van der Waals surface area contributed by atoms with E-state index >= 15 is 0 Å². The molecule has 19 nitrogen and oxygen atoms in total. The van der Waals surface area contributed by atoms with Gasteiger partial charge in [-0.1, -0.05) is 164 Å². The topological polar surface area (TPSA) is 255 Å². The second kappa shape index (κ2) is 37.8. The second-order valence-electron chi connectivity index (χ2n) is 25.8. The van der Waals surface area contributed by atoms with E-state index in [4.69, 9.17) is 29.8 Å². The number of rotatable bonds is 31. The number of allylic oxidation sites excluding steroid dienone is 2. The van der Waals surface area contributed by atoms with Gasteiger partial charge in [0.25, 0.3) is 0 Å². The largest absolute Gasteiger partial charge is 0.496 e. The van der Waals surface area contributed by atoms with E-state index < -0.39 is 65.8 Å². The number of carboxylic acids is 1. The van der Waals surface area contributed by atoms with Gasteiger partial charge in [-0.2, -0.15) is 0 Å². The number of aliphatic carboxylic acids is 1. The lowest BCUT2D eigenvalue weighted by Gasteiger charge is -2.26. The lowest BCUT2D eigenvalue weighted by molar-refractivity contribution is -0.145. The molecule has 108 heavy (non-hydrogen) atoms. The SMILES string of the molecule is C=CCc1cc2ccccc2c(-c2c(OC)c(CC(NC(C)=O)C(=O)N[C@@H](CCCCNC(=O)OCC3c4ccccc4-c4ccccc43)C(=O)N[C@@H](CC=C)C(=O)OC)cc3ccccc23)c1OC.C=CCc1cc2ccccc2c(-c2c(OC)c(CC(NC(C)=O)C(=O)O)cc3ccccc23)c1OC.[2H]C#C. The summed E-state index contributed by atoms with van der Waals surface area (Å²) >= 11 is 0. The maximum atomic E-state index is 14.6. The van der Waals surface area contributed by atoms with Crippen molar-refractivity contribution in [2.24, 2.45) is 0 Å². The van der Waals surface area contributed by atoms with Crippen LogP contribution in [0, 0.1) is 12.8 Å². The van der Waals surface area contributed by atoms with Crippen molar-refractivity contribution in [3.63, 3.8) is 0 Å². The molecule has 0 bridgehead atoms. The number of carbonyl (C=O) groups is 7. The van der Waals surface area contributed by atoms with Crippen LogP contribution in [0.1, 0.15) is 80.2 Å². The molecule has 1 aliphatic rings. The number of terminal acetylenes is 1. The summed E-state index contributed by atoms with van der Waals surface area (Å²) in [7, 11) is 7.64. The predicted molar refractivity (Wildman–Crippen MR) is 426 cm³/mol. The highest BCUT2D eigenvalue weighted by molar-refractivity contribution is 6.13. The molecular formula is C89H91N5O14. The van der Waals surface area contributed by atoms with Crippen molar-refractivity contribution >= 4 is 84.8 Å². The molecule has 0 fully saturated rings. The fourth-order valence-corrected chi connectivity index (χ4v) is 14.4. The van der Waals surface area contributed by atoms with Gasteiger partial charge < -0.3 is 60.1 Å². The van der Waals surface area contributed by atoms with Gasteiger partial charge in [0.1, 0.15) is 55.1 Å². The molecule has 19 heteroatoms. The number of benzene rings is 10. The minimum absolute atomic E-state index is 0.0291. The number of carboxylic acid groups (broad SMARTS) is 1. The van der Waals surface area contributed by atoms with Gasteiger partial charge in [-0.05, 0) is 150 Å². The Labute approximate surface area is 631 Å². The van der Waals surface area contributed by atoms with Crippen molar-refractivity contribution in [1.82, 2.24) is 26.6 Å². The summed E-state index contributed by atoms with van der Waals surface area (Å²) in [5, 5.41) is 31.1. The van der Waals surface area contributed by atoms with Crippen molar-refractivity contribution in [3.05, 3.63) is 241 Å². The van der Waals surface area contributed by atoms with E-state index in [1.165, 1.54) is 33.4 Å². The number of fused-ring (bicyclic) bond motifs is 7. The molecule has 0 aliphatic heterocycles. The number of esters is 1. The van der Waals surface area contributed by atoms with Gasteiger partial charge in [-0.3, -0.25) is 19.2 Å². The van der Waals surface area contributed by atoms with Gasteiger partial charge in [-0.25, -0.2) is 14.4 Å². The summed E-state index contributed by atoms with van der Waals surface area (Å²) < 4.78 is 40.8. The summed E-state index contributed by atoms with van der Waals surface area (Å²) in [6.45, 7) is 14.6. The first-order valence-corrected chi connectivity index (χ1v) is 35.4. The van der Waals surface area contributed by atoms with E-state index in [0.29, 0.717) is 59.8 Å². The number of carbonyl (C=O) groups excluding carboxylic acids is 6. The van der Waals surface area contributed by atoms with Gasteiger partial charge in [0.05, 0.1) is 35.5 Å². The third-order valence-electron chi connectivity index (χ3n) is 18.9. The Morgan fingerprint density at radius 1 is 0.491 bits per heavy atom. The Balaban J connectivity index is 0.000000293. The van der Waals surface area contributed by atoms with E-state index in [0.717, 1.165) is 98.7 Å². The molecule has 5 amide bonds. The molecular weight excluding hydrogens is 1360 g/mol. The maximum absolute atomic E-state index is 14.6. The summed E-state index contributed by atoms with van der Waals surface area (Å²) in [6.07, 6.45) is 12.5. The molecule has 0 radical (unpaired) electrons. The van der Waals surface area contributed by atoms with Crippen LogP contribution in [0.4, 0.5) is 4.79 Å². The van der Waals surface area contributed by atoms with Crippen molar-refractivity contribution in [1.29, 1.82) is 0 Å². The van der Waals surface area contributed by atoms with Gasteiger partial charge >= 0.3 is 18.0 Å². The number of nitrogens with one attached hydrogen (secondary N) is 5. The fraction of sp³-hybridized carbons (Fsp3) is 0.247. The Morgan fingerprint density at radius 2 is 0.861 bits per heavy atom. The van der Waals surface area contributed by atoms with Crippen LogP contribution in [-0.2, 0) is 63.9 Å². The minimum atomic E-state index is -1.18. The number of amides is 5. The molecule has 11 rings (SSSR count). The molecule has 1 aliphatic carbocycles. The molecule has 0 saturated carbocycles. The number of alkyl carbamates (subject to hydrolysis) is 1. The number of hydrogen-bond donors (Lipinski definition) is 6. The first-order chi connectivity index (χ1) is 52.8. The first kappa shape index (κ1) is 77.9. The van der Waals surface area contributed by atoms with Crippen LogP contribution in [0.2, 0.25) is 0 Å². The zero-order valence-electron chi connectivity index (χ0n) is 62.8. The van der Waals surface area contributed by atoms with Crippen LogP contribution < -0.4 is 45.5 Å². The number of ether oxygens (including phenoxy) is 6. The molecule has 10 aromatic carbocycles. The van der Waals surface area contributed by atoms with Crippen molar-refractivity contribution in [2.75, 3.05) is 48.7 Å². The molecule has 4 atom stereocenters. The third-order valence-corrected chi connectivity index (χ3v) is 18.9. The number of hydrogen-bond acceptors (Lipinski definition) is 13.